The quantitative estimate of drug-likeness (QED) is 0.638. The molecule has 3 atom stereocenters. The highest BCUT2D eigenvalue weighted by atomic mass is 32.2. The number of likely N-dealkylation sites (N-methyl/N-ethyl adjacent to an activating group) is 1. The molecule has 0 spiro atoms. The van der Waals surface area contributed by atoms with Gasteiger partial charge >= 0.3 is 0 Å². The first kappa shape index (κ1) is 25.5. The highest BCUT2D eigenvalue weighted by Gasteiger charge is 2.38. The molecule has 7 nitrogen and oxygen atoms in total. The van der Waals surface area contributed by atoms with E-state index in [9.17, 15) is 18.3 Å². The van der Waals surface area contributed by atoms with Crippen LogP contribution in [0.3, 0.4) is 0 Å². The lowest BCUT2D eigenvalue weighted by molar-refractivity contribution is -0.131. The van der Waals surface area contributed by atoms with E-state index >= 15 is 0 Å². The van der Waals surface area contributed by atoms with Crippen LogP contribution in [0.25, 0.3) is 0 Å². The summed E-state index contributed by atoms with van der Waals surface area (Å²) in [6, 6.07) is 4.29. The number of ether oxygens (including phenoxy) is 1. The fourth-order valence-electron chi connectivity index (χ4n) is 3.85. The Hall–Kier alpha value is -2.08. The van der Waals surface area contributed by atoms with Crippen molar-refractivity contribution in [2.24, 2.45) is 17.8 Å². The Kier molecular flexibility index (Phi) is 8.09. The molecule has 0 bridgehead atoms. The fourth-order valence-corrected chi connectivity index (χ4v) is 5.67. The smallest absolute Gasteiger partial charge is 0.247 e. The Labute approximate surface area is 198 Å². The van der Waals surface area contributed by atoms with Gasteiger partial charge in [-0.25, -0.2) is 8.42 Å². The van der Waals surface area contributed by atoms with E-state index < -0.39 is 22.2 Å². The summed E-state index contributed by atoms with van der Waals surface area (Å²) in [6.45, 7) is 7.84. The molecule has 1 heterocycles. The SMILES string of the molecule is CC(C)C#Cc1ccc2c(c1)O[C@H](CN(C)C(=O)CC1CC1)[C@H](C)CN([C@H](C)CO)S2(=O)=O. The van der Waals surface area contributed by atoms with E-state index in [1.807, 2.05) is 20.8 Å². The molecule has 1 fully saturated rings. The van der Waals surface area contributed by atoms with Gasteiger partial charge < -0.3 is 14.7 Å². The van der Waals surface area contributed by atoms with Crippen LogP contribution in [-0.2, 0) is 14.8 Å². The lowest BCUT2D eigenvalue weighted by Crippen LogP contribution is -2.50. The summed E-state index contributed by atoms with van der Waals surface area (Å²) < 4.78 is 34.6. The number of carbonyl (C=O) groups excluding carboxylic acids is 1. The van der Waals surface area contributed by atoms with Crippen molar-refractivity contribution >= 4 is 15.9 Å². The van der Waals surface area contributed by atoms with E-state index in [1.165, 1.54) is 10.4 Å². The lowest BCUT2D eigenvalue weighted by atomic mass is 10.0. The van der Waals surface area contributed by atoms with Crippen LogP contribution >= 0.6 is 0 Å². The van der Waals surface area contributed by atoms with E-state index in [0.717, 1.165) is 12.8 Å². The second-order valence-corrected chi connectivity index (χ2v) is 11.6. The summed E-state index contributed by atoms with van der Waals surface area (Å²) in [6.07, 6.45) is 2.35. The Morgan fingerprint density at radius 2 is 2.00 bits per heavy atom. The third-order valence-corrected chi connectivity index (χ3v) is 8.23. The number of fused-ring (bicyclic) bond motifs is 1. The van der Waals surface area contributed by atoms with Gasteiger partial charge in [0.05, 0.1) is 13.2 Å². The average Bonchev–Trinajstić information content (AvgIpc) is 3.57. The predicted octanol–water partition coefficient (Wildman–Crippen LogP) is 2.72. The van der Waals surface area contributed by atoms with Crippen molar-refractivity contribution in [2.75, 3.05) is 26.7 Å². The lowest BCUT2D eigenvalue weighted by Gasteiger charge is -2.37. The molecule has 2 aliphatic rings. The number of aliphatic hydroxyl groups excluding tert-OH is 1. The number of aliphatic hydroxyl groups is 1. The number of carbonyl (C=O) groups is 1. The molecular formula is C25H36N2O5S. The zero-order chi connectivity index (χ0) is 24.3. The van der Waals surface area contributed by atoms with Crippen LogP contribution in [0.4, 0.5) is 0 Å². The molecule has 1 amide bonds. The van der Waals surface area contributed by atoms with Crippen molar-refractivity contribution in [3.05, 3.63) is 23.8 Å². The van der Waals surface area contributed by atoms with Gasteiger partial charge in [-0.3, -0.25) is 4.79 Å². The average molecular weight is 477 g/mol. The molecule has 1 aliphatic heterocycles. The molecule has 1 aliphatic carbocycles. The number of hydrogen-bond acceptors (Lipinski definition) is 5. The molecule has 0 aromatic heterocycles. The number of rotatable bonds is 6. The number of sulfonamides is 1. The minimum absolute atomic E-state index is 0.0572. The number of hydrogen-bond donors (Lipinski definition) is 1. The van der Waals surface area contributed by atoms with E-state index in [1.54, 1.807) is 31.0 Å². The summed E-state index contributed by atoms with van der Waals surface area (Å²) in [5, 5.41) is 9.75. The zero-order valence-corrected chi connectivity index (χ0v) is 21.1. The highest BCUT2D eigenvalue weighted by molar-refractivity contribution is 7.89. The summed E-state index contributed by atoms with van der Waals surface area (Å²) in [7, 11) is -2.12. The minimum Gasteiger partial charge on any atom is -0.487 e. The third kappa shape index (κ3) is 6.28. The van der Waals surface area contributed by atoms with Crippen molar-refractivity contribution < 1.29 is 23.1 Å². The number of nitrogens with zero attached hydrogens (tertiary/aromatic N) is 2. The first-order valence-electron chi connectivity index (χ1n) is 11.7. The largest absolute Gasteiger partial charge is 0.487 e. The monoisotopic (exact) mass is 476 g/mol. The second-order valence-electron chi connectivity index (χ2n) is 9.75. The van der Waals surface area contributed by atoms with Gasteiger partial charge in [-0.2, -0.15) is 4.31 Å². The molecule has 1 aromatic rings. The number of benzene rings is 1. The van der Waals surface area contributed by atoms with E-state index in [0.29, 0.717) is 24.4 Å². The zero-order valence-electron chi connectivity index (χ0n) is 20.2. The maximum Gasteiger partial charge on any atom is 0.247 e. The molecule has 0 saturated heterocycles. The Bertz CT molecular complexity index is 1020. The van der Waals surface area contributed by atoms with Gasteiger partial charge in [0.25, 0.3) is 0 Å². The molecular weight excluding hydrogens is 440 g/mol. The van der Waals surface area contributed by atoms with E-state index in [-0.39, 0.29) is 41.5 Å². The first-order chi connectivity index (χ1) is 15.5. The van der Waals surface area contributed by atoms with Crippen LogP contribution < -0.4 is 4.74 Å². The Morgan fingerprint density at radius 1 is 1.30 bits per heavy atom. The van der Waals surface area contributed by atoms with Crippen LogP contribution in [0.15, 0.2) is 23.1 Å². The molecule has 0 unspecified atom stereocenters. The van der Waals surface area contributed by atoms with E-state index in [2.05, 4.69) is 11.8 Å². The van der Waals surface area contributed by atoms with Gasteiger partial charge in [0.15, 0.2) is 0 Å². The highest BCUT2D eigenvalue weighted by Crippen LogP contribution is 2.35. The standard InChI is InChI=1S/C25H36N2O5S/c1-17(2)6-7-20-10-11-24-22(12-20)32-23(15-26(5)25(29)13-21-8-9-21)18(3)14-27(19(4)16-28)33(24,30)31/h10-12,17-19,21,23,28H,8-9,13-16H2,1-5H3/t18-,19-,23-/m1/s1. The summed E-state index contributed by atoms with van der Waals surface area (Å²) in [5.74, 6) is 6.95. The van der Waals surface area contributed by atoms with Gasteiger partial charge in [0, 0.05) is 43.5 Å². The Morgan fingerprint density at radius 3 is 2.61 bits per heavy atom. The van der Waals surface area contributed by atoms with Gasteiger partial charge in [-0.1, -0.05) is 32.6 Å². The topological polar surface area (TPSA) is 87.2 Å². The van der Waals surface area contributed by atoms with Crippen LogP contribution in [0.2, 0.25) is 0 Å². The maximum absolute atomic E-state index is 13.5. The van der Waals surface area contributed by atoms with Gasteiger partial charge in [0.1, 0.15) is 16.7 Å². The number of amides is 1. The van der Waals surface area contributed by atoms with Crippen molar-refractivity contribution in [3.8, 4) is 17.6 Å². The van der Waals surface area contributed by atoms with Crippen molar-refractivity contribution in [1.82, 2.24) is 9.21 Å². The van der Waals surface area contributed by atoms with Crippen molar-refractivity contribution in [2.45, 2.75) is 64.0 Å². The summed E-state index contributed by atoms with van der Waals surface area (Å²) in [4.78, 5) is 14.4. The molecule has 0 radical (unpaired) electrons. The molecule has 33 heavy (non-hydrogen) atoms. The molecule has 1 aromatic carbocycles. The molecule has 1 N–H and O–H groups in total. The van der Waals surface area contributed by atoms with Crippen molar-refractivity contribution in [1.29, 1.82) is 0 Å². The maximum atomic E-state index is 13.5. The first-order valence-corrected chi connectivity index (χ1v) is 13.2. The van der Waals surface area contributed by atoms with Gasteiger partial charge in [-0.05, 0) is 43.9 Å². The second kappa shape index (κ2) is 10.5. The summed E-state index contributed by atoms with van der Waals surface area (Å²) in [5.41, 5.74) is 0.671. The Balaban J connectivity index is 1.99. The van der Waals surface area contributed by atoms with E-state index in [4.69, 9.17) is 4.74 Å². The van der Waals surface area contributed by atoms with Gasteiger partial charge in [-0.15, -0.1) is 0 Å². The van der Waals surface area contributed by atoms with Crippen molar-refractivity contribution in [3.63, 3.8) is 0 Å². The minimum atomic E-state index is -3.89. The third-order valence-electron chi connectivity index (χ3n) is 6.21. The van der Waals surface area contributed by atoms with Crippen LogP contribution in [0.1, 0.15) is 52.5 Å². The fraction of sp³-hybridized carbons (Fsp3) is 0.640. The molecule has 8 heteroatoms. The molecule has 182 valence electrons. The molecule has 1 saturated carbocycles. The van der Waals surface area contributed by atoms with Crippen LogP contribution in [0.5, 0.6) is 5.75 Å². The molecule has 3 rings (SSSR count). The van der Waals surface area contributed by atoms with Crippen LogP contribution in [-0.4, -0.2) is 67.5 Å². The normalized spacial score (nSPS) is 23.4. The van der Waals surface area contributed by atoms with Crippen LogP contribution in [0, 0.1) is 29.6 Å². The summed E-state index contributed by atoms with van der Waals surface area (Å²) >= 11 is 0. The predicted molar refractivity (Wildman–Crippen MR) is 127 cm³/mol. The van der Waals surface area contributed by atoms with Gasteiger partial charge in [0.2, 0.25) is 15.9 Å².